The van der Waals surface area contributed by atoms with Crippen molar-refractivity contribution >= 4 is 11.6 Å². The Morgan fingerprint density at radius 3 is 2.61 bits per heavy atom. The lowest BCUT2D eigenvalue weighted by molar-refractivity contribution is -0.117. The first-order valence-corrected chi connectivity index (χ1v) is 7.93. The zero-order valence-corrected chi connectivity index (χ0v) is 13.1. The van der Waals surface area contributed by atoms with Crippen LogP contribution in [0.4, 0.5) is 5.69 Å². The largest absolute Gasteiger partial charge is 0.330 e. The lowest BCUT2D eigenvalue weighted by atomic mass is 9.89. The molecule has 120 valence electrons. The number of likely N-dealkylation sites (tertiary alicyclic amines) is 1. The van der Waals surface area contributed by atoms with E-state index in [1.807, 2.05) is 6.07 Å². The zero-order chi connectivity index (χ0) is 16.1. The van der Waals surface area contributed by atoms with Crippen LogP contribution in [-0.2, 0) is 4.79 Å². The first-order chi connectivity index (χ1) is 11.3. The van der Waals surface area contributed by atoms with Gasteiger partial charge in [-0.3, -0.25) is 14.7 Å². The summed E-state index contributed by atoms with van der Waals surface area (Å²) in [5.74, 6) is 0.793. The molecule has 2 aromatic rings. The summed E-state index contributed by atoms with van der Waals surface area (Å²) in [5.41, 5.74) is 8.03. The smallest absolute Gasteiger partial charge is 0.238 e. The summed E-state index contributed by atoms with van der Waals surface area (Å²) in [6.45, 7) is 2.76. The Morgan fingerprint density at radius 1 is 1.17 bits per heavy atom. The second-order valence-corrected chi connectivity index (χ2v) is 5.99. The first-order valence-electron chi connectivity index (χ1n) is 7.93. The molecule has 0 spiro atoms. The van der Waals surface area contributed by atoms with Crippen LogP contribution in [0.25, 0.3) is 0 Å². The average Bonchev–Trinajstić information content (AvgIpc) is 2.99. The van der Waals surface area contributed by atoms with E-state index >= 15 is 0 Å². The van der Waals surface area contributed by atoms with Crippen molar-refractivity contribution in [2.24, 2.45) is 11.7 Å². The molecule has 1 aliphatic rings. The Bertz CT molecular complexity index is 632. The Hall–Kier alpha value is -2.24. The van der Waals surface area contributed by atoms with Crippen LogP contribution < -0.4 is 11.1 Å². The summed E-state index contributed by atoms with van der Waals surface area (Å²) in [5, 5.41) is 2.90. The highest BCUT2D eigenvalue weighted by atomic mass is 16.2. The lowest BCUT2D eigenvalue weighted by Gasteiger charge is -2.16. The molecule has 0 aliphatic carbocycles. The molecule has 3 rings (SSSR count). The van der Waals surface area contributed by atoms with Crippen LogP contribution in [0.5, 0.6) is 0 Å². The van der Waals surface area contributed by atoms with Gasteiger partial charge >= 0.3 is 0 Å². The minimum absolute atomic E-state index is 0.000633. The van der Waals surface area contributed by atoms with Gasteiger partial charge in [-0.2, -0.15) is 0 Å². The fourth-order valence-corrected chi connectivity index (χ4v) is 3.25. The minimum atomic E-state index is 0.000633. The minimum Gasteiger partial charge on any atom is -0.330 e. The molecule has 23 heavy (non-hydrogen) atoms. The third-order valence-corrected chi connectivity index (χ3v) is 4.38. The average molecular weight is 310 g/mol. The Morgan fingerprint density at radius 2 is 1.91 bits per heavy atom. The molecule has 0 radical (unpaired) electrons. The van der Waals surface area contributed by atoms with E-state index in [9.17, 15) is 4.79 Å². The predicted octanol–water partition coefficient (Wildman–Crippen LogP) is 1.69. The van der Waals surface area contributed by atoms with Crippen molar-refractivity contribution in [3.05, 3.63) is 60.4 Å². The van der Waals surface area contributed by atoms with Gasteiger partial charge in [0.05, 0.1) is 6.54 Å². The molecule has 1 aromatic heterocycles. The molecule has 1 aliphatic heterocycles. The summed E-state index contributed by atoms with van der Waals surface area (Å²) in [6.07, 6.45) is 3.34. The van der Waals surface area contributed by atoms with Gasteiger partial charge in [0.25, 0.3) is 0 Å². The third kappa shape index (κ3) is 3.94. The van der Waals surface area contributed by atoms with Crippen molar-refractivity contribution in [3.63, 3.8) is 0 Å². The van der Waals surface area contributed by atoms with Crippen molar-refractivity contribution in [2.45, 2.75) is 5.92 Å². The molecule has 0 bridgehead atoms. The molecular weight excluding hydrogens is 288 g/mol. The molecule has 1 fully saturated rings. The molecule has 1 amide bonds. The fraction of sp³-hybridized carbons (Fsp3) is 0.333. The highest BCUT2D eigenvalue weighted by Crippen LogP contribution is 2.31. The van der Waals surface area contributed by atoms with E-state index < -0.39 is 0 Å². The van der Waals surface area contributed by atoms with E-state index in [0.717, 1.165) is 18.8 Å². The number of pyridine rings is 1. The van der Waals surface area contributed by atoms with Crippen LogP contribution in [-0.4, -0.2) is 42.0 Å². The third-order valence-electron chi connectivity index (χ3n) is 4.38. The van der Waals surface area contributed by atoms with Crippen LogP contribution in [0.3, 0.4) is 0 Å². The van der Waals surface area contributed by atoms with Crippen molar-refractivity contribution in [2.75, 3.05) is 31.5 Å². The molecule has 5 nitrogen and oxygen atoms in total. The number of amides is 1. The number of carbonyl (C=O) groups excluding carboxylic acids is 1. The van der Waals surface area contributed by atoms with Crippen molar-refractivity contribution in [1.29, 1.82) is 0 Å². The predicted molar refractivity (Wildman–Crippen MR) is 91.0 cm³/mol. The van der Waals surface area contributed by atoms with Gasteiger partial charge < -0.3 is 11.1 Å². The summed E-state index contributed by atoms with van der Waals surface area (Å²) < 4.78 is 0. The van der Waals surface area contributed by atoms with E-state index in [2.05, 4.69) is 39.5 Å². The number of hydrogen-bond donors (Lipinski definition) is 2. The van der Waals surface area contributed by atoms with E-state index in [4.69, 9.17) is 5.73 Å². The first kappa shape index (κ1) is 15.6. The number of anilines is 1. The van der Waals surface area contributed by atoms with E-state index in [-0.39, 0.29) is 5.91 Å². The maximum atomic E-state index is 12.2. The molecule has 1 saturated heterocycles. The Kier molecular flexibility index (Phi) is 5.00. The van der Waals surface area contributed by atoms with Gasteiger partial charge in [-0.1, -0.05) is 30.3 Å². The molecular formula is C18H22N4O. The van der Waals surface area contributed by atoms with Gasteiger partial charge in [-0.05, 0) is 30.2 Å². The number of nitrogens with one attached hydrogen (secondary N) is 1. The SMILES string of the molecule is NC[C@@H]1CN(CC(=O)Nc2ccncc2)C[C@H]1c1ccccc1. The lowest BCUT2D eigenvalue weighted by Crippen LogP contribution is -2.32. The van der Waals surface area contributed by atoms with Gasteiger partial charge in [0.15, 0.2) is 0 Å². The number of aromatic nitrogens is 1. The van der Waals surface area contributed by atoms with E-state index in [1.165, 1.54) is 5.56 Å². The number of nitrogens with zero attached hydrogens (tertiary/aromatic N) is 2. The number of carbonyl (C=O) groups is 1. The van der Waals surface area contributed by atoms with Crippen molar-refractivity contribution in [1.82, 2.24) is 9.88 Å². The van der Waals surface area contributed by atoms with Crippen LogP contribution in [0, 0.1) is 5.92 Å². The van der Waals surface area contributed by atoms with Crippen LogP contribution in [0.15, 0.2) is 54.9 Å². The number of hydrogen-bond acceptors (Lipinski definition) is 4. The van der Waals surface area contributed by atoms with Gasteiger partial charge in [-0.25, -0.2) is 0 Å². The van der Waals surface area contributed by atoms with Gasteiger partial charge in [0.2, 0.25) is 5.91 Å². The number of nitrogens with two attached hydrogens (primary N) is 1. The number of benzene rings is 1. The maximum absolute atomic E-state index is 12.2. The standard InChI is InChI=1S/C18H22N4O/c19-10-15-11-22(12-17(15)14-4-2-1-3-5-14)13-18(23)21-16-6-8-20-9-7-16/h1-9,15,17H,10-13,19H2,(H,20,21,23)/t15-,17+/m1/s1. The van der Waals surface area contributed by atoms with Crippen LogP contribution in [0.1, 0.15) is 11.5 Å². The van der Waals surface area contributed by atoms with Gasteiger partial charge in [-0.15, -0.1) is 0 Å². The topological polar surface area (TPSA) is 71.2 Å². The molecule has 0 unspecified atom stereocenters. The van der Waals surface area contributed by atoms with Crippen molar-refractivity contribution < 1.29 is 4.79 Å². The Balaban J connectivity index is 1.60. The second-order valence-electron chi connectivity index (χ2n) is 5.99. The highest BCUT2D eigenvalue weighted by molar-refractivity contribution is 5.92. The summed E-state index contributed by atoms with van der Waals surface area (Å²) >= 11 is 0. The summed E-state index contributed by atoms with van der Waals surface area (Å²) in [4.78, 5) is 18.3. The quantitative estimate of drug-likeness (QED) is 0.882. The van der Waals surface area contributed by atoms with Crippen LogP contribution >= 0.6 is 0 Å². The fourth-order valence-electron chi connectivity index (χ4n) is 3.25. The highest BCUT2D eigenvalue weighted by Gasteiger charge is 2.33. The van der Waals surface area contributed by atoms with Crippen molar-refractivity contribution in [3.8, 4) is 0 Å². The second kappa shape index (κ2) is 7.35. The molecule has 2 heterocycles. The molecule has 5 heteroatoms. The maximum Gasteiger partial charge on any atom is 0.238 e. The normalized spacial score (nSPS) is 21.3. The summed E-state index contributed by atoms with van der Waals surface area (Å²) in [6, 6.07) is 14.0. The Labute approximate surface area is 136 Å². The number of rotatable bonds is 5. The molecule has 3 N–H and O–H groups in total. The monoisotopic (exact) mass is 310 g/mol. The molecule has 1 aromatic carbocycles. The van der Waals surface area contributed by atoms with Gasteiger partial charge in [0, 0.05) is 37.1 Å². The molecule has 0 saturated carbocycles. The molecule has 2 atom stereocenters. The van der Waals surface area contributed by atoms with Gasteiger partial charge in [0.1, 0.15) is 0 Å². The van der Waals surface area contributed by atoms with E-state index in [1.54, 1.807) is 24.5 Å². The van der Waals surface area contributed by atoms with Crippen LogP contribution in [0.2, 0.25) is 0 Å². The zero-order valence-electron chi connectivity index (χ0n) is 13.1. The van der Waals surface area contributed by atoms with E-state index in [0.29, 0.717) is 24.9 Å². The summed E-state index contributed by atoms with van der Waals surface area (Å²) in [7, 11) is 0.